The number of H-pyrrole nitrogens is 1. The Morgan fingerprint density at radius 1 is 1.16 bits per heavy atom. The molecule has 1 aliphatic rings. The van der Waals surface area contributed by atoms with E-state index in [0.717, 1.165) is 5.56 Å². The number of nitrogens with one attached hydrogen (secondary N) is 2. The third-order valence-electron chi connectivity index (χ3n) is 6.56. The Labute approximate surface area is 228 Å². The van der Waals surface area contributed by atoms with E-state index in [0.29, 0.717) is 62.6 Å². The highest BCUT2D eigenvalue weighted by atomic mass is 35.5. The average Bonchev–Trinajstić information content (AvgIpc) is 3.20. The van der Waals surface area contributed by atoms with E-state index in [2.05, 4.69) is 15.3 Å². The number of rotatable bonds is 5. The van der Waals surface area contributed by atoms with E-state index in [9.17, 15) is 18.0 Å². The Bertz CT molecular complexity index is 1320. The first kappa shape index (κ1) is 27.9. The second-order valence-electron chi connectivity index (χ2n) is 10.4. The molecule has 11 heteroatoms. The molecule has 1 amide bonds. The van der Waals surface area contributed by atoms with Crippen molar-refractivity contribution in [2.45, 2.75) is 52.8 Å². The lowest BCUT2D eigenvalue weighted by atomic mass is 9.95. The second kappa shape index (κ2) is 10.5. The molecule has 0 radical (unpaired) electrons. The van der Waals surface area contributed by atoms with Crippen LogP contribution in [0.1, 0.15) is 50.6 Å². The lowest BCUT2D eigenvalue weighted by Gasteiger charge is -2.35. The number of carbonyl (C=O) groups excluding carboxylic acids is 1. The number of aromatic amines is 1. The van der Waals surface area contributed by atoms with E-state index in [1.807, 2.05) is 20.8 Å². The average molecular weight is 576 g/mol. The molecule has 1 aliphatic heterocycles. The summed E-state index contributed by atoms with van der Waals surface area (Å²) in [6.45, 7) is 6.12. The molecule has 37 heavy (non-hydrogen) atoms. The van der Waals surface area contributed by atoms with E-state index in [1.165, 1.54) is 0 Å². The number of nitrogens with zero attached hydrogens (tertiary/aromatic N) is 2. The van der Waals surface area contributed by atoms with E-state index in [1.54, 1.807) is 29.2 Å². The molecule has 1 fully saturated rings. The van der Waals surface area contributed by atoms with Gasteiger partial charge >= 0.3 is 6.18 Å². The number of fused-ring (bicyclic) bond motifs is 1. The molecule has 2 aromatic carbocycles. The van der Waals surface area contributed by atoms with Gasteiger partial charge in [0.05, 0.1) is 32.7 Å². The highest BCUT2D eigenvalue weighted by molar-refractivity contribution is 6.36. The van der Waals surface area contributed by atoms with Gasteiger partial charge in [-0.2, -0.15) is 13.2 Å². The maximum absolute atomic E-state index is 13.3. The molecular formula is C26H28Cl3F3N4O. The summed E-state index contributed by atoms with van der Waals surface area (Å²) in [4.78, 5) is 21.8. The molecule has 0 bridgehead atoms. The molecule has 1 unspecified atom stereocenters. The summed E-state index contributed by atoms with van der Waals surface area (Å²) in [5, 5.41) is 4.14. The van der Waals surface area contributed by atoms with Crippen molar-refractivity contribution in [2.24, 2.45) is 11.3 Å². The van der Waals surface area contributed by atoms with Crippen LogP contribution in [0.15, 0.2) is 24.3 Å². The van der Waals surface area contributed by atoms with Gasteiger partial charge in [0.1, 0.15) is 5.82 Å². The fourth-order valence-corrected chi connectivity index (χ4v) is 5.27. The van der Waals surface area contributed by atoms with Gasteiger partial charge in [-0.1, -0.05) is 61.6 Å². The van der Waals surface area contributed by atoms with Crippen molar-refractivity contribution in [1.82, 2.24) is 15.3 Å². The minimum atomic E-state index is -4.24. The van der Waals surface area contributed by atoms with Crippen LogP contribution >= 0.6 is 34.8 Å². The zero-order valence-electron chi connectivity index (χ0n) is 20.7. The van der Waals surface area contributed by atoms with Crippen molar-refractivity contribution >= 4 is 57.4 Å². The van der Waals surface area contributed by atoms with Gasteiger partial charge in [-0.25, -0.2) is 4.98 Å². The Morgan fingerprint density at radius 3 is 2.57 bits per heavy atom. The summed E-state index contributed by atoms with van der Waals surface area (Å²) in [6, 6.07) is 6.90. The third-order valence-corrected chi connectivity index (χ3v) is 7.68. The molecule has 2 heterocycles. The minimum absolute atomic E-state index is 0.0970. The summed E-state index contributed by atoms with van der Waals surface area (Å²) >= 11 is 19.6. The first-order chi connectivity index (χ1) is 17.2. The zero-order valence-corrected chi connectivity index (χ0v) is 23.0. The van der Waals surface area contributed by atoms with E-state index in [4.69, 9.17) is 34.8 Å². The fraction of sp³-hybridized carbons (Fsp3) is 0.462. The Balaban J connectivity index is 1.57. The fourth-order valence-electron chi connectivity index (χ4n) is 4.41. The molecule has 1 atom stereocenters. The van der Waals surface area contributed by atoms with E-state index < -0.39 is 17.5 Å². The Hall–Kier alpha value is -2.16. The van der Waals surface area contributed by atoms with Crippen LogP contribution in [0.2, 0.25) is 15.1 Å². The number of imidazole rings is 1. The van der Waals surface area contributed by atoms with Crippen molar-refractivity contribution in [3.05, 3.63) is 56.3 Å². The summed E-state index contributed by atoms with van der Waals surface area (Å²) in [5.41, 5.74) is 2.63. The molecule has 1 aromatic heterocycles. The molecule has 2 N–H and O–H groups in total. The number of hydrogen-bond donors (Lipinski definition) is 2. The lowest BCUT2D eigenvalue weighted by Crippen LogP contribution is -2.41. The van der Waals surface area contributed by atoms with Crippen LogP contribution in [-0.4, -0.2) is 35.1 Å². The highest BCUT2D eigenvalue weighted by Crippen LogP contribution is 2.38. The van der Waals surface area contributed by atoms with Crippen LogP contribution in [0.3, 0.4) is 0 Å². The molecule has 3 aromatic rings. The Kier molecular flexibility index (Phi) is 7.94. The molecular weight excluding hydrogens is 548 g/mol. The molecule has 5 nitrogen and oxygen atoms in total. The van der Waals surface area contributed by atoms with Crippen LogP contribution in [0.25, 0.3) is 11.0 Å². The SMILES string of the molecule is CC(C)(C)C(=O)NCc1ccc(Cl)c(Cc2nc3cc(N4CCCC(C(F)(F)F)C4)c(Cl)cc3[nH]2)c1Cl. The molecule has 4 rings (SSSR count). The number of hydrogen-bond acceptors (Lipinski definition) is 3. The summed E-state index contributed by atoms with van der Waals surface area (Å²) in [6.07, 6.45) is -3.39. The van der Waals surface area contributed by atoms with Gasteiger partial charge in [0.2, 0.25) is 5.91 Å². The van der Waals surface area contributed by atoms with Crippen LogP contribution < -0.4 is 10.2 Å². The van der Waals surface area contributed by atoms with Gasteiger partial charge in [0.25, 0.3) is 0 Å². The number of piperidine rings is 1. The van der Waals surface area contributed by atoms with Crippen molar-refractivity contribution in [2.75, 3.05) is 18.0 Å². The lowest BCUT2D eigenvalue weighted by molar-refractivity contribution is -0.176. The number of anilines is 1. The predicted octanol–water partition coefficient (Wildman–Crippen LogP) is 7.55. The number of benzene rings is 2. The largest absolute Gasteiger partial charge is 0.393 e. The van der Waals surface area contributed by atoms with E-state index >= 15 is 0 Å². The summed E-state index contributed by atoms with van der Waals surface area (Å²) in [5.74, 6) is -0.900. The molecule has 0 saturated carbocycles. The standard InChI is InChI=1S/C26H28Cl3F3N4O/c1-25(2,3)24(37)33-12-14-6-7-17(27)16(23(14)29)9-22-34-19-10-18(28)21(11-20(19)35-22)36-8-4-5-15(13-36)26(30,31)32/h6-7,10-11,15H,4-5,8-9,12-13H2,1-3H3,(H,33,37)(H,34,35). The second-order valence-corrected chi connectivity index (χ2v) is 11.6. The maximum Gasteiger partial charge on any atom is 0.393 e. The molecule has 0 spiro atoms. The Morgan fingerprint density at radius 2 is 1.89 bits per heavy atom. The maximum atomic E-state index is 13.3. The highest BCUT2D eigenvalue weighted by Gasteiger charge is 2.42. The van der Waals surface area contributed by atoms with E-state index in [-0.39, 0.29) is 25.4 Å². The van der Waals surface area contributed by atoms with Crippen molar-refractivity contribution in [3.8, 4) is 0 Å². The number of halogens is 6. The summed E-state index contributed by atoms with van der Waals surface area (Å²) < 4.78 is 39.9. The third kappa shape index (κ3) is 6.29. The zero-order chi connectivity index (χ0) is 27.1. The molecule has 0 aliphatic carbocycles. The van der Waals surface area contributed by atoms with Crippen molar-refractivity contribution < 1.29 is 18.0 Å². The van der Waals surface area contributed by atoms with Gasteiger partial charge < -0.3 is 15.2 Å². The van der Waals surface area contributed by atoms with Crippen molar-refractivity contribution in [1.29, 1.82) is 0 Å². The van der Waals surface area contributed by atoms with Gasteiger partial charge in [-0.05, 0) is 42.2 Å². The number of alkyl halides is 3. The predicted molar refractivity (Wildman–Crippen MR) is 143 cm³/mol. The van der Waals surface area contributed by atoms with Crippen LogP contribution in [-0.2, 0) is 17.8 Å². The monoisotopic (exact) mass is 574 g/mol. The first-order valence-electron chi connectivity index (χ1n) is 12.0. The smallest absolute Gasteiger partial charge is 0.370 e. The van der Waals surface area contributed by atoms with Gasteiger partial charge in [0.15, 0.2) is 0 Å². The van der Waals surface area contributed by atoms with Gasteiger partial charge in [-0.3, -0.25) is 4.79 Å². The quantitative estimate of drug-likeness (QED) is 0.330. The summed E-state index contributed by atoms with van der Waals surface area (Å²) in [7, 11) is 0. The number of amides is 1. The topological polar surface area (TPSA) is 61.0 Å². The molecule has 200 valence electrons. The van der Waals surface area contributed by atoms with Gasteiger partial charge in [0, 0.05) is 36.5 Å². The van der Waals surface area contributed by atoms with Crippen molar-refractivity contribution in [3.63, 3.8) is 0 Å². The molecule has 1 saturated heterocycles. The first-order valence-corrected chi connectivity index (χ1v) is 13.1. The van der Waals surface area contributed by atoms with Crippen LogP contribution in [0, 0.1) is 11.3 Å². The normalized spacial score (nSPS) is 16.9. The van der Waals surface area contributed by atoms with Crippen LogP contribution in [0.5, 0.6) is 0 Å². The number of carbonyl (C=O) groups is 1. The number of aromatic nitrogens is 2. The van der Waals surface area contributed by atoms with Gasteiger partial charge in [-0.15, -0.1) is 0 Å². The van der Waals surface area contributed by atoms with Crippen LogP contribution in [0.4, 0.5) is 18.9 Å². The minimum Gasteiger partial charge on any atom is -0.370 e.